The van der Waals surface area contributed by atoms with Crippen molar-refractivity contribution in [1.82, 2.24) is 5.32 Å². The Kier molecular flexibility index (Phi) is 6.47. The molecule has 0 amide bonds. The monoisotopic (exact) mass is 252 g/mol. The summed E-state index contributed by atoms with van der Waals surface area (Å²) in [6.07, 6.45) is 1.07. The zero-order valence-corrected chi connectivity index (χ0v) is 9.85. The van der Waals surface area contributed by atoms with Gasteiger partial charge in [0, 0.05) is 0 Å². The Morgan fingerprint density at radius 1 is 1.56 bits per heavy atom. The molecule has 0 saturated carbocycles. The number of carboxylic acids is 1. The van der Waals surface area contributed by atoms with Crippen molar-refractivity contribution in [3.8, 4) is 0 Å². The van der Waals surface area contributed by atoms with E-state index in [9.17, 15) is 9.36 Å². The van der Waals surface area contributed by atoms with Gasteiger partial charge in [0.2, 0.25) is 0 Å². The number of carbonyl (C=O) groups is 1. The molecule has 0 bridgehead atoms. The maximum atomic E-state index is 10.8. The highest BCUT2D eigenvalue weighted by atomic mass is 31.2. The van der Waals surface area contributed by atoms with E-state index in [1.807, 2.05) is 0 Å². The van der Waals surface area contributed by atoms with Crippen LogP contribution >= 0.6 is 7.60 Å². The van der Waals surface area contributed by atoms with E-state index in [1.54, 1.807) is 7.05 Å². The number of hydrogen-bond acceptors (Lipinski definition) is 4. The lowest BCUT2D eigenvalue weighted by atomic mass is 10.1. The highest BCUT2D eigenvalue weighted by molar-refractivity contribution is 7.52. The summed E-state index contributed by atoms with van der Waals surface area (Å²) in [4.78, 5) is 28.1. The molecule has 0 fully saturated rings. The molecular weight excluding hydrogens is 235 g/mol. The Labute approximate surface area is 93.5 Å². The molecule has 0 saturated heterocycles. The van der Waals surface area contributed by atoms with Crippen LogP contribution in [0.15, 0.2) is 11.6 Å². The molecule has 6 N–H and O–H groups in total. The molecule has 0 aromatic carbocycles. The minimum Gasteiger partial charge on any atom is -0.480 e. The van der Waals surface area contributed by atoms with Gasteiger partial charge in [0.05, 0.1) is 6.16 Å². The quantitative estimate of drug-likeness (QED) is 0.293. The second kappa shape index (κ2) is 6.78. The highest BCUT2D eigenvalue weighted by Gasteiger charge is 2.18. The fourth-order valence-electron chi connectivity index (χ4n) is 1.09. The van der Waals surface area contributed by atoms with Crippen LogP contribution in [0.3, 0.4) is 0 Å². The van der Waals surface area contributed by atoms with E-state index in [0.717, 1.165) is 0 Å². The minimum atomic E-state index is -4.19. The predicted molar refractivity (Wildman–Crippen MR) is 59.1 cm³/mol. The average Bonchev–Trinajstić information content (AvgIpc) is 2.11. The van der Waals surface area contributed by atoms with Crippen LogP contribution in [0.25, 0.3) is 0 Å². The molecule has 8 heteroatoms. The molecule has 7 nitrogen and oxygen atoms in total. The molecule has 0 radical (unpaired) electrons. The van der Waals surface area contributed by atoms with Crippen LogP contribution in [0.4, 0.5) is 0 Å². The van der Waals surface area contributed by atoms with Crippen LogP contribution in [0, 0.1) is 0 Å². The number of nitrogens with two attached hydrogens (primary N) is 1. The number of carboxylic acid groups (broad SMARTS) is 1. The zero-order valence-electron chi connectivity index (χ0n) is 8.96. The Morgan fingerprint density at radius 2 is 2.12 bits per heavy atom. The van der Waals surface area contributed by atoms with E-state index in [-0.39, 0.29) is 0 Å². The molecular formula is C8H17N2O5P. The topological polar surface area (TPSA) is 133 Å². The smallest absolute Gasteiger partial charge is 0.329 e. The van der Waals surface area contributed by atoms with Gasteiger partial charge in [-0.2, -0.15) is 0 Å². The Bertz CT molecular complexity index is 312. The summed E-state index contributed by atoms with van der Waals surface area (Å²) in [6.45, 7) is 0.498. The first-order valence-electron chi connectivity index (χ1n) is 4.63. The molecule has 0 aliphatic rings. The Morgan fingerprint density at radius 3 is 2.50 bits per heavy atom. The molecule has 0 aromatic rings. The standard InChI is InChI=1S/C8H17N2O5P/c1-10-3-2-6(5-16(13,14)15)4-7(9)8(11)12/h4,7,10H,2-3,5,9H2,1H3,(H,11,12)(H2,13,14,15). The van der Waals surface area contributed by atoms with Crippen molar-refractivity contribution in [2.75, 3.05) is 19.8 Å². The predicted octanol–water partition coefficient (Wildman–Crippen LogP) is -0.888. The van der Waals surface area contributed by atoms with Crippen LogP contribution in [0.1, 0.15) is 6.42 Å². The normalized spacial score (nSPS) is 14.9. The molecule has 0 aliphatic carbocycles. The maximum Gasteiger partial charge on any atom is 0.329 e. The van der Waals surface area contributed by atoms with E-state index >= 15 is 0 Å². The molecule has 0 rings (SSSR count). The largest absolute Gasteiger partial charge is 0.480 e. The minimum absolute atomic E-state index is 0.345. The van der Waals surface area contributed by atoms with E-state index < -0.39 is 25.8 Å². The molecule has 94 valence electrons. The first-order chi connectivity index (χ1) is 7.26. The van der Waals surface area contributed by atoms with E-state index in [0.29, 0.717) is 18.5 Å². The van der Waals surface area contributed by atoms with Crippen molar-refractivity contribution in [1.29, 1.82) is 0 Å². The van der Waals surface area contributed by atoms with E-state index in [2.05, 4.69) is 5.32 Å². The van der Waals surface area contributed by atoms with Gasteiger partial charge in [-0.1, -0.05) is 11.6 Å². The van der Waals surface area contributed by atoms with Crippen molar-refractivity contribution in [3.05, 3.63) is 11.6 Å². The average molecular weight is 252 g/mol. The zero-order chi connectivity index (χ0) is 12.8. The van der Waals surface area contributed by atoms with Gasteiger partial charge < -0.3 is 25.9 Å². The summed E-state index contributed by atoms with van der Waals surface area (Å²) in [6, 6.07) is -1.24. The van der Waals surface area contributed by atoms with Gasteiger partial charge in [0.25, 0.3) is 0 Å². The molecule has 1 unspecified atom stereocenters. The lowest BCUT2D eigenvalue weighted by Crippen LogP contribution is -2.28. The lowest BCUT2D eigenvalue weighted by Gasteiger charge is -2.10. The summed E-state index contributed by atoms with van der Waals surface area (Å²) in [5, 5.41) is 11.4. The maximum absolute atomic E-state index is 10.8. The van der Waals surface area contributed by atoms with Gasteiger partial charge in [-0.25, -0.2) is 0 Å². The fourth-order valence-corrected chi connectivity index (χ4v) is 1.88. The van der Waals surface area contributed by atoms with Crippen molar-refractivity contribution in [2.45, 2.75) is 12.5 Å². The Hall–Kier alpha value is -0.720. The van der Waals surface area contributed by atoms with Crippen molar-refractivity contribution >= 4 is 13.6 Å². The van der Waals surface area contributed by atoms with Crippen LogP contribution in [-0.2, 0) is 9.36 Å². The third kappa shape index (κ3) is 7.56. The molecule has 0 spiro atoms. The second-order valence-corrected chi connectivity index (χ2v) is 5.01. The number of hydrogen-bond donors (Lipinski definition) is 5. The van der Waals surface area contributed by atoms with Crippen molar-refractivity contribution in [2.24, 2.45) is 5.73 Å². The summed E-state index contributed by atoms with van der Waals surface area (Å²) in [7, 11) is -2.51. The summed E-state index contributed by atoms with van der Waals surface area (Å²) >= 11 is 0. The van der Waals surface area contributed by atoms with Gasteiger partial charge in [0.1, 0.15) is 6.04 Å². The van der Waals surface area contributed by atoms with Crippen molar-refractivity contribution in [3.63, 3.8) is 0 Å². The summed E-state index contributed by atoms with van der Waals surface area (Å²) < 4.78 is 10.8. The first-order valence-corrected chi connectivity index (χ1v) is 6.43. The molecule has 0 aliphatic heterocycles. The molecule has 1 atom stereocenters. The number of aliphatic carboxylic acids is 1. The van der Waals surface area contributed by atoms with Gasteiger partial charge in [-0.15, -0.1) is 0 Å². The van der Waals surface area contributed by atoms with Crippen LogP contribution in [0.2, 0.25) is 0 Å². The molecule has 0 heterocycles. The molecule has 16 heavy (non-hydrogen) atoms. The summed E-state index contributed by atoms with van der Waals surface area (Å²) in [5.41, 5.74) is 5.60. The number of rotatable bonds is 7. The van der Waals surface area contributed by atoms with Gasteiger partial charge in [-0.3, -0.25) is 9.36 Å². The van der Waals surface area contributed by atoms with Gasteiger partial charge in [0.15, 0.2) is 0 Å². The fraction of sp³-hybridized carbons (Fsp3) is 0.625. The Balaban J connectivity index is 4.65. The van der Waals surface area contributed by atoms with E-state index in [4.69, 9.17) is 20.6 Å². The third-order valence-electron chi connectivity index (χ3n) is 1.81. The van der Waals surface area contributed by atoms with Gasteiger partial charge >= 0.3 is 13.6 Å². The lowest BCUT2D eigenvalue weighted by molar-refractivity contribution is -0.137. The van der Waals surface area contributed by atoms with Crippen LogP contribution in [0.5, 0.6) is 0 Å². The third-order valence-corrected chi connectivity index (χ3v) is 2.62. The van der Waals surface area contributed by atoms with Gasteiger partial charge in [-0.05, 0) is 20.0 Å². The van der Waals surface area contributed by atoms with Crippen LogP contribution < -0.4 is 11.1 Å². The second-order valence-electron chi connectivity index (χ2n) is 3.37. The number of nitrogens with one attached hydrogen (secondary N) is 1. The summed E-state index contributed by atoms with van der Waals surface area (Å²) in [5.74, 6) is -1.23. The SMILES string of the molecule is CNCCC(=CC(N)C(=O)O)CP(=O)(O)O. The van der Waals surface area contributed by atoms with E-state index in [1.165, 1.54) is 6.08 Å². The molecule has 0 aromatic heterocycles. The highest BCUT2D eigenvalue weighted by Crippen LogP contribution is 2.37. The van der Waals surface area contributed by atoms with Crippen molar-refractivity contribution < 1.29 is 24.3 Å². The first kappa shape index (κ1) is 15.3. The van der Waals surface area contributed by atoms with Crippen LogP contribution in [-0.4, -0.2) is 46.7 Å².